The van der Waals surface area contributed by atoms with Crippen LogP contribution in [-0.2, 0) is 4.79 Å². The average molecular weight is 368 g/mol. The zero-order chi connectivity index (χ0) is 18.8. The summed E-state index contributed by atoms with van der Waals surface area (Å²) in [4.78, 5) is 36.3. The molecule has 1 amide bonds. The Morgan fingerprint density at radius 1 is 1.19 bits per heavy atom. The van der Waals surface area contributed by atoms with Gasteiger partial charge in [-0.15, -0.1) is 0 Å². The number of anilines is 2. The molecule has 140 valence electrons. The van der Waals surface area contributed by atoms with Gasteiger partial charge in [0.1, 0.15) is 26.2 Å². The van der Waals surface area contributed by atoms with E-state index >= 15 is 0 Å². The fourth-order valence-corrected chi connectivity index (χ4v) is 3.59. The number of imidazole rings is 1. The molecule has 3 aromatic rings. The number of hydrogen-bond acceptors (Lipinski definition) is 3. The van der Waals surface area contributed by atoms with Gasteiger partial charge in [-0.25, -0.2) is 9.78 Å². The van der Waals surface area contributed by atoms with Crippen molar-refractivity contribution in [2.24, 2.45) is 0 Å². The second-order valence-corrected chi connectivity index (χ2v) is 6.94. The van der Waals surface area contributed by atoms with E-state index in [4.69, 9.17) is 0 Å². The number of benzene rings is 1. The fourth-order valence-electron chi connectivity index (χ4n) is 3.59. The highest BCUT2D eigenvalue weighted by Crippen LogP contribution is 2.14. The third-order valence-electron chi connectivity index (χ3n) is 5.23. The molecule has 1 aliphatic heterocycles. The standard InChI is InChI=1S/C19H22N6O2/c1-13(24-8-10-25(11-9-24)17-4-2-3-7-20-17)18(26)21-14-5-6-15-16(12-14)23-19(27)22-15/h2-7,12-13H,8-11H2,1H3,(H,21,26)(H2,22,23,27)/p+2/t13-/m0/s1. The summed E-state index contributed by atoms with van der Waals surface area (Å²) in [7, 11) is 0. The minimum atomic E-state index is -0.250. The Morgan fingerprint density at radius 2 is 1.96 bits per heavy atom. The van der Waals surface area contributed by atoms with E-state index < -0.39 is 0 Å². The van der Waals surface area contributed by atoms with Crippen LogP contribution in [0.4, 0.5) is 11.5 Å². The second-order valence-electron chi connectivity index (χ2n) is 6.94. The predicted octanol–water partition coefficient (Wildman–Crippen LogP) is -0.598. The molecule has 4 rings (SSSR count). The van der Waals surface area contributed by atoms with Crippen molar-refractivity contribution in [3.05, 3.63) is 53.1 Å². The van der Waals surface area contributed by atoms with Crippen molar-refractivity contribution in [2.45, 2.75) is 13.0 Å². The summed E-state index contributed by atoms with van der Waals surface area (Å²) < 4.78 is 0. The summed E-state index contributed by atoms with van der Waals surface area (Å²) in [5.74, 6) is 1.10. The lowest BCUT2D eigenvalue weighted by molar-refractivity contribution is -0.914. The Morgan fingerprint density at radius 3 is 2.70 bits per heavy atom. The van der Waals surface area contributed by atoms with Crippen molar-refractivity contribution in [3.8, 4) is 0 Å². The van der Waals surface area contributed by atoms with Crippen molar-refractivity contribution >= 4 is 28.4 Å². The molecule has 0 aliphatic carbocycles. The molecule has 3 heterocycles. The lowest BCUT2D eigenvalue weighted by Crippen LogP contribution is -3.19. The van der Waals surface area contributed by atoms with E-state index in [1.807, 2.05) is 25.3 Å². The molecule has 27 heavy (non-hydrogen) atoms. The molecular weight excluding hydrogens is 344 g/mol. The highest BCUT2D eigenvalue weighted by molar-refractivity contribution is 5.95. The van der Waals surface area contributed by atoms with Crippen LogP contribution in [0.2, 0.25) is 0 Å². The van der Waals surface area contributed by atoms with Crippen molar-refractivity contribution in [1.82, 2.24) is 9.97 Å². The first-order valence-electron chi connectivity index (χ1n) is 9.19. The number of piperazine rings is 1. The molecule has 1 saturated heterocycles. The highest BCUT2D eigenvalue weighted by Gasteiger charge is 2.32. The zero-order valence-electron chi connectivity index (χ0n) is 15.2. The van der Waals surface area contributed by atoms with Gasteiger partial charge in [0.15, 0.2) is 6.04 Å². The van der Waals surface area contributed by atoms with Gasteiger partial charge in [-0.3, -0.25) is 9.69 Å². The number of aromatic amines is 3. The number of aromatic nitrogens is 3. The molecule has 0 saturated carbocycles. The van der Waals surface area contributed by atoms with Crippen molar-refractivity contribution < 1.29 is 14.7 Å². The molecule has 2 aromatic heterocycles. The summed E-state index contributed by atoms with van der Waals surface area (Å²) in [6.07, 6.45) is 1.93. The summed E-state index contributed by atoms with van der Waals surface area (Å²) in [6, 6.07) is 11.3. The molecule has 0 unspecified atom stereocenters. The summed E-state index contributed by atoms with van der Waals surface area (Å²) >= 11 is 0. The van der Waals surface area contributed by atoms with Crippen LogP contribution in [0, 0.1) is 0 Å². The molecule has 1 fully saturated rings. The lowest BCUT2D eigenvalue weighted by atomic mass is 10.2. The summed E-state index contributed by atoms with van der Waals surface area (Å²) in [5, 5.41) is 2.97. The maximum atomic E-state index is 12.7. The highest BCUT2D eigenvalue weighted by atomic mass is 16.2. The number of nitrogens with zero attached hydrogens (tertiary/aromatic N) is 1. The van der Waals surface area contributed by atoms with E-state index in [-0.39, 0.29) is 17.6 Å². The van der Waals surface area contributed by atoms with E-state index in [2.05, 4.69) is 31.2 Å². The van der Waals surface area contributed by atoms with E-state index in [0.717, 1.165) is 37.5 Å². The Kier molecular flexibility index (Phi) is 4.64. The summed E-state index contributed by atoms with van der Waals surface area (Å²) in [5.41, 5.74) is 1.85. The minimum absolute atomic E-state index is 0.0121. The van der Waals surface area contributed by atoms with Gasteiger partial charge in [0.05, 0.1) is 17.2 Å². The predicted molar refractivity (Wildman–Crippen MR) is 103 cm³/mol. The number of fused-ring (bicyclic) bond motifs is 1. The van der Waals surface area contributed by atoms with Gasteiger partial charge in [-0.05, 0) is 31.2 Å². The van der Waals surface area contributed by atoms with E-state index in [0.29, 0.717) is 11.2 Å². The number of pyridine rings is 1. The smallest absolute Gasteiger partial charge is 0.321 e. The van der Waals surface area contributed by atoms with Gasteiger partial charge in [0, 0.05) is 11.8 Å². The average Bonchev–Trinajstić information content (AvgIpc) is 3.07. The van der Waals surface area contributed by atoms with E-state index in [1.54, 1.807) is 18.2 Å². The molecular formula is C19H24N6O2+2. The van der Waals surface area contributed by atoms with Gasteiger partial charge in [0.2, 0.25) is 0 Å². The molecule has 8 heteroatoms. The van der Waals surface area contributed by atoms with Crippen molar-refractivity contribution in [1.29, 1.82) is 0 Å². The molecule has 0 bridgehead atoms. The number of amides is 1. The first kappa shape index (κ1) is 17.3. The normalized spacial score (nSPS) is 16.4. The van der Waals surface area contributed by atoms with E-state index in [1.165, 1.54) is 4.90 Å². The molecule has 5 N–H and O–H groups in total. The van der Waals surface area contributed by atoms with Gasteiger partial charge in [-0.1, -0.05) is 6.07 Å². The quantitative estimate of drug-likeness (QED) is 0.495. The number of carbonyl (C=O) groups is 1. The number of hydrogen-bond donors (Lipinski definition) is 4. The Hall–Kier alpha value is -3.13. The Labute approximate surface area is 156 Å². The lowest BCUT2D eigenvalue weighted by Gasteiger charge is -2.31. The number of carbonyl (C=O) groups excluding carboxylic acids is 1. The van der Waals surface area contributed by atoms with Crippen molar-refractivity contribution in [2.75, 3.05) is 36.4 Å². The van der Waals surface area contributed by atoms with Crippen LogP contribution < -0.4 is 25.8 Å². The first-order valence-corrected chi connectivity index (χ1v) is 9.19. The van der Waals surface area contributed by atoms with Crippen LogP contribution in [0.1, 0.15) is 6.92 Å². The minimum Gasteiger partial charge on any atom is -0.321 e. The van der Waals surface area contributed by atoms with Gasteiger partial charge >= 0.3 is 5.69 Å². The van der Waals surface area contributed by atoms with Crippen LogP contribution in [-0.4, -0.2) is 48.1 Å². The molecule has 1 aromatic carbocycles. The summed E-state index contributed by atoms with van der Waals surface area (Å²) in [6.45, 7) is 5.59. The third kappa shape index (κ3) is 3.70. The molecule has 1 aliphatic rings. The molecule has 8 nitrogen and oxygen atoms in total. The molecule has 0 spiro atoms. The van der Waals surface area contributed by atoms with Crippen LogP contribution in [0.3, 0.4) is 0 Å². The third-order valence-corrected chi connectivity index (χ3v) is 5.23. The number of rotatable bonds is 4. The largest absolute Gasteiger partial charge is 0.323 e. The second kappa shape index (κ2) is 7.24. The van der Waals surface area contributed by atoms with E-state index in [9.17, 15) is 9.59 Å². The van der Waals surface area contributed by atoms with Crippen molar-refractivity contribution in [3.63, 3.8) is 0 Å². The first-order chi connectivity index (χ1) is 13.1. The van der Waals surface area contributed by atoms with Gasteiger partial charge < -0.3 is 20.2 Å². The maximum absolute atomic E-state index is 12.7. The van der Waals surface area contributed by atoms with Crippen LogP contribution in [0.5, 0.6) is 0 Å². The topological polar surface area (TPSA) is 99.6 Å². The fraction of sp³-hybridized carbons (Fsp3) is 0.316. The van der Waals surface area contributed by atoms with Gasteiger partial charge in [0.25, 0.3) is 11.7 Å². The number of quaternary nitrogens is 1. The Bertz CT molecular complexity index is 988. The van der Waals surface area contributed by atoms with Crippen LogP contribution >= 0.6 is 0 Å². The van der Waals surface area contributed by atoms with Crippen LogP contribution in [0.15, 0.2) is 47.4 Å². The number of nitrogens with one attached hydrogen (secondary N) is 5. The van der Waals surface area contributed by atoms with Crippen LogP contribution in [0.25, 0.3) is 11.0 Å². The Balaban J connectivity index is 1.37. The van der Waals surface area contributed by atoms with Gasteiger partial charge in [-0.2, -0.15) is 0 Å². The molecule has 1 atom stereocenters. The zero-order valence-corrected chi connectivity index (χ0v) is 15.2. The number of H-pyrrole nitrogens is 3. The monoisotopic (exact) mass is 368 g/mol. The SMILES string of the molecule is C[C@@H](C(=O)Nc1ccc2[nH]c(=O)[nH]c2c1)[NH+]1CCN(c2cccc[nH+]2)CC1. The molecule has 0 radical (unpaired) electrons. The maximum Gasteiger partial charge on any atom is 0.323 e.